The molecule has 0 aliphatic carbocycles. The van der Waals surface area contributed by atoms with E-state index in [4.69, 9.17) is 9.72 Å². The first-order valence-electron chi connectivity index (χ1n) is 9.16. The van der Waals surface area contributed by atoms with Gasteiger partial charge in [-0.15, -0.1) is 0 Å². The molecule has 4 rings (SSSR count). The molecule has 0 unspecified atom stereocenters. The molecule has 0 spiro atoms. The van der Waals surface area contributed by atoms with E-state index >= 15 is 0 Å². The fourth-order valence-corrected chi connectivity index (χ4v) is 3.42. The first-order chi connectivity index (χ1) is 12.7. The maximum Gasteiger partial charge on any atom is 0.227 e. The van der Waals surface area contributed by atoms with Crippen molar-refractivity contribution in [2.24, 2.45) is 0 Å². The lowest BCUT2D eigenvalue weighted by Gasteiger charge is -2.36. The largest absolute Gasteiger partial charge is 0.378 e. The monoisotopic (exact) mass is 355 g/mol. The third kappa shape index (κ3) is 3.41. The highest BCUT2D eigenvalue weighted by molar-refractivity contribution is 5.50. The van der Waals surface area contributed by atoms with E-state index in [9.17, 15) is 0 Å². The highest BCUT2D eigenvalue weighted by atomic mass is 16.5. The number of aryl methyl sites for hydroxylation is 1. The number of hydrogen-bond donors (Lipinski definition) is 0. The number of rotatable bonds is 3. The van der Waals surface area contributed by atoms with Crippen LogP contribution in [0.25, 0.3) is 0 Å². The van der Waals surface area contributed by atoms with Crippen molar-refractivity contribution in [1.29, 1.82) is 0 Å². The topological polar surface area (TPSA) is 70.5 Å². The first kappa shape index (κ1) is 17.0. The molecule has 26 heavy (non-hydrogen) atoms. The Balaban J connectivity index is 1.44. The van der Waals surface area contributed by atoms with Crippen molar-refractivity contribution < 1.29 is 4.74 Å². The van der Waals surface area contributed by atoms with Crippen LogP contribution in [-0.4, -0.2) is 72.4 Å². The van der Waals surface area contributed by atoms with Crippen molar-refractivity contribution in [2.45, 2.75) is 13.8 Å². The lowest BCUT2D eigenvalue weighted by molar-refractivity contribution is 0.122. The van der Waals surface area contributed by atoms with Gasteiger partial charge >= 0.3 is 0 Å². The Morgan fingerprint density at radius 1 is 0.846 bits per heavy atom. The molecule has 8 heteroatoms. The molecule has 2 aliphatic rings. The van der Waals surface area contributed by atoms with Crippen LogP contribution in [0.1, 0.15) is 11.3 Å². The van der Waals surface area contributed by atoms with Crippen LogP contribution in [0.4, 0.5) is 17.6 Å². The van der Waals surface area contributed by atoms with Crippen molar-refractivity contribution >= 4 is 17.6 Å². The molecule has 0 bridgehead atoms. The van der Waals surface area contributed by atoms with Crippen LogP contribution >= 0.6 is 0 Å². The summed E-state index contributed by atoms with van der Waals surface area (Å²) in [5.74, 6) is 2.84. The number of nitrogens with zero attached hydrogens (tertiary/aromatic N) is 7. The molecular weight excluding hydrogens is 330 g/mol. The predicted octanol–water partition coefficient (Wildman–Crippen LogP) is 1.05. The number of piperazine rings is 1. The molecule has 0 amide bonds. The van der Waals surface area contributed by atoms with E-state index in [0.29, 0.717) is 0 Å². The quantitative estimate of drug-likeness (QED) is 0.809. The molecule has 0 saturated carbocycles. The Kier molecular flexibility index (Phi) is 4.83. The second-order valence-electron chi connectivity index (χ2n) is 6.70. The summed E-state index contributed by atoms with van der Waals surface area (Å²) in [5, 5.41) is 0. The molecule has 0 atom stereocenters. The molecule has 2 fully saturated rings. The Morgan fingerprint density at radius 2 is 1.58 bits per heavy atom. The van der Waals surface area contributed by atoms with Crippen LogP contribution < -0.4 is 14.7 Å². The maximum absolute atomic E-state index is 5.43. The van der Waals surface area contributed by atoms with Gasteiger partial charge < -0.3 is 19.4 Å². The number of anilines is 3. The van der Waals surface area contributed by atoms with Gasteiger partial charge in [0, 0.05) is 56.7 Å². The second-order valence-corrected chi connectivity index (χ2v) is 6.70. The van der Waals surface area contributed by atoms with Gasteiger partial charge in [0.1, 0.15) is 18.0 Å². The number of hydrogen-bond acceptors (Lipinski definition) is 8. The van der Waals surface area contributed by atoms with Crippen molar-refractivity contribution in [3.8, 4) is 0 Å². The normalized spacial score (nSPS) is 18.3. The Labute approximate surface area is 153 Å². The molecule has 8 nitrogen and oxygen atoms in total. The minimum atomic E-state index is 0.760. The van der Waals surface area contributed by atoms with E-state index in [2.05, 4.69) is 36.6 Å². The predicted molar refractivity (Wildman–Crippen MR) is 101 cm³/mol. The molecule has 4 heterocycles. The Hall–Kier alpha value is -2.48. The van der Waals surface area contributed by atoms with Crippen LogP contribution in [-0.2, 0) is 4.74 Å². The lowest BCUT2D eigenvalue weighted by atomic mass is 10.2. The third-order valence-corrected chi connectivity index (χ3v) is 5.13. The van der Waals surface area contributed by atoms with Gasteiger partial charge in [-0.25, -0.2) is 15.0 Å². The molecule has 2 saturated heterocycles. The van der Waals surface area contributed by atoms with E-state index in [1.807, 2.05) is 19.2 Å². The van der Waals surface area contributed by atoms with Crippen LogP contribution in [0.3, 0.4) is 0 Å². The number of morpholine rings is 1. The van der Waals surface area contributed by atoms with E-state index in [1.165, 1.54) is 0 Å². The molecule has 0 radical (unpaired) electrons. The van der Waals surface area contributed by atoms with Gasteiger partial charge in [0.25, 0.3) is 0 Å². The molecule has 138 valence electrons. The van der Waals surface area contributed by atoms with Crippen molar-refractivity contribution in [1.82, 2.24) is 19.9 Å². The van der Waals surface area contributed by atoms with Gasteiger partial charge in [-0.3, -0.25) is 0 Å². The summed E-state index contributed by atoms with van der Waals surface area (Å²) in [5.41, 5.74) is 2.20. The zero-order chi connectivity index (χ0) is 17.9. The van der Waals surface area contributed by atoms with Gasteiger partial charge in [0.15, 0.2) is 0 Å². The van der Waals surface area contributed by atoms with Crippen LogP contribution in [0.15, 0.2) is 18.6 Å². The van der Waals surface area contributed by atoms with E-state index in [1.54, 1.807) is 6.33 Å². The van der Waals surface area contributed by atoms with Crippen molar-refractivity contribution in [3.05, 3.63) is 29.8 Å². The maximum atomic E-state index is 5.43. The smallest absolute Gasteiger partial charge is 0.227 e. The van der Waals surface area contributed by atoms with Crippen LogP contribution in [0.5, 0.6) is 0 Å². The fourth-order valence-electron chi connectivity index (χ4n) is 3.42. The summed E-state index contributed by atoms with van der Waals surface area (Å²) in [6, 6.07) is 1.98. The summed E-state index contributed by atoms with van der Waals surface area (Å²) in [7, 11) is 0. The standard InChI is InChI=1S/C18H25N7O/c1-14-15(2)20-13-21-17(14)24-5-7-25(8-6-24)18-19-4-3-16(22-18)23-9-11-26-12-10-23/h3-4,13H,5-12H2,1-2H3. The molecule has 0 aromatic carbocycles. The highest BCUT2D eigenvalue weighted by Gasteiger charge is 2.22. The van der Waals surface area contributed by atoms with Gasteiger partial charge in [-0.2, -0.15) is 4.98 Å². The molecule has 2 aromatic rings. The molecule has 2 aliphatic heterocycles. The van der Waals surface area contributed by atoms with Crippen molar-refractivity contribution in [2.75, 3.05) is 67.2 Å². The second kappa shape index (κ2) is 7.41. The van der Waals surface area contributed by atoms with Gasteiger partial charge in [-0.05, 0) is 19.9 Å². The van der Waals surface area contributed by atoms with Crippen molar-refractivity contribution in [3.63, 3.8) is 0 Å². The van der Waals surface area contributed by atoms with Gasteiger partial charge in [0.05, 0.1) is 13.2 Å². The lowest BCUT2D eigenvalue weighted by Crippen LogP contribution is -2.47. The zero-order valence-corrected chi connectivity index (χ0v) is 15.4. The molecular formula is C18H25N7O. The van der Waals surface area contributed by atoms with Crippen LogP contribution in [0, 0.1) is 13.8 Å². The van der Waals surface area contributed by atoms with Crippen LogP contribution in [0.2, 0.25) is 0 Å². The summed E-state index contributed by atoms with van der Waals surface area (Å²) in [4.78, 5) is 24.9. The van der Waals surface area contributed by atoms with E-state index < -0.39 is 0 Å². The minimum absolute atomic E-state index is 0.760. The SMILES string of the molecule is Cc1ncnc(N2CCN(c3nccc(N4CCOCC4)n3)CC2)c1C. The summed E-state index contributed by atoms with van der Waals surface area (Å²) < 4.78 is 5.43. The molecule has 2 aromatic heterocycles. The Bertz CT molecular complexity index is 755. The summed E-state index contributed by atoms with van der Waals surface area (Å²) in [6.07, 6.45) is 3.51. The number of ether oxygens (including phenoxy) is 1. The average molecular weight is 355 g/mol. The minimum Gasteiger partial charge on any atom is -0.378 e. The zero-order valence-electron chi connectivity index (χ0n) is 15.4. The van der Waals surface area contributed by atoms with E-state index in [0.717, 1.165) is 81.3 Å². The van der Waals surface area contributed by atoms with Gasteiger partial charge in [0.2, 0.25) is 5.95 Å². The van der Waals surface area contributed by atoms with Gasteiger partial charge in [-0.1, -0.05) is 0 Å². The summed E-state index contributed by atoms with van der Waals surface area (Å²) in [6.45, 7) is 11.0. The fraction of sp³-hybridized carbons (Fsp3) is 0.556. The van der Waals surface area contributed by atoms with E-state index in [-0.39, 0.29) is 0 Å². The molecule has 0 N–H and O–H groups in total. The summed E-state index contributed by atoms with van der Waals surface area (Å²) >= 11 is 0. The number of aromatic nitrogens is 4. The third-order valence-electron chi connectivity index (χ3n) is 5.13. The Morgan fingerprint density at radius 3 is 2.35 bits per heavy atom. The highest BCUT2D eigenvalue weighted by Crippen LogP contribution is 2.22. The average Bonchev–Trinajstić information content (AvgIpc) is 2.71. The first-order valence-corrected chi connectivity index (χ1v) is 9.16.